The summed E-state index contributed by atoms with van der Waals surface area (Å²) in [5.41, 5.74) is 2.52. The maximum absolute atomic E-state index is 14.0. The lowest BCUT2D eigenvalue weighted by Gasteiger charge is -2.41. The van der Waals surface area contributed by atoms with E-state index >= 15 is 0 Å². The topological polar surface area (TPSA) is 99.9 Å². The molecule has 0 unspecified atom stereocenters. The maximum Gasteiger partial charge on any atom is 0.313 e. The third kappa shape index (κ3) is 3.88. The summed E-state index contributed by atoms with van der Waals surface area (Å²) >= 11 is 0. The van der Waals surface area contributed by atoms with Gasteiger partial charge in [-0.25, -0.2) is 0 Å². The number of ether oxygens (including phenoxy) is 2. The highest BCUT2D eigenvalue weighted by atomic mass is 16.6. The molecule has 1 N–H and O–H groups in total. The monoisotopic (exact) mass is 508 g/mol. The van der Waals surface area contributed by atoms with Crippen molar-refractivity contribution in [2.24, 2.45) is 0 Å². The summed E-state index contributed by atoms with van der Waals surface area (Å²) in [6.07, 6.45) is 4.81. The number of rotatable bonds is 4. The Morgan fingerprint density at radius 1 is 0.947 bits per heavy atom. The number of hydrogen-bond acceptors (Lipinski definition) is 5. The number of carboxylic acid groups (broad SMARTS) is 1. The van der Waals surface area contributed by atoms with Crippen LogP contribution in [-0.2, 0) is 10.2 Å². The normalized spacial score (nSPS) is 21.8. The van der Waals surface area contributed by atoms with Crippen molar-refractivity contribution in [3.8, 4) is 17.6 Å². The number of anilines is 1. The van der Waals surface area contributed by atoms with E-state index in [-0.39, 0.29) is 5.91 Å². The Bertz CT molecular complexity index is 1440. The van der Waals surface area contributed by atoms with Crippen molar-refractivity contribution in [1.82, 2.24) is 0 Å². The second-order valence-electron chi connectivity index (χ2n) is 10.2. The number of nitriles is 1. The highest BCUT2D eigenvalue weighted by molar-refractivity contribution is 6.11. The number of carboxylic acids is 1. The van der Waals surface area contributed by atoms with E-state index in [1.54, 1.807) is 41.3 Å². The minimum Gasteiger partial charge on any atom is -0.486 e. The van der Waals surface area contributed by atoms with Gasteiger partial charge >= 0.3 is 5.97 Å². The Labute approximate surface area is 221 Å². The molecule has 0 radical (unpaired) electrons. The van der Waals surface area contributed by atoms with Gasteiger partial charge in [0.05, 0.1) is 17.5 Å². The van der Waals surface area contributed by atoms with Gasteiger partial charge in [-0.2, -0.15) is 5.26 Å². The van der Waals surface area contributed by atoms with Gasteiger partial charge in [0.1, 0.15) is 19.1 Å². The number of nitrogens with zero attached hydrogens (tertiary/aromatic N) is 2. The Kier molecular flexibility index (Phi) is 6.03. The van der Waals surface area contributed by atoms with Gasteiger partial charge in [-0.1, -0.05) is 55.7 Å². The number of hydrogen-bond donors (Lipinski definition) is 1. The van der Waals surface area contributed by atoms with Crippen molar-refractivity contribution in [2.45, 2.75) is 49.5 Å². The molecule has 0 bridgehead atoms. The second kappa shape index (κ2) is 9.53. The summed E-state index contributed by atoms with van der Waals surface area (Å²) in [7, 11) is 0. The molecular formula is C31H28N2O5. The molecule has 7 nitrogen and oxygen atoms in total. The lowest BCUT2D eigenvalue weighted by Crippen LogP contribution is -2.45. The SMILES string of the molecule is N#CC1(c2ccc(N3C(=O)c4ccccc4[C@@H](C(=O)O)[C@@H]3c3ccc4c(c3)OCCO4)cc2)CCCCC1. The number of fused-ring (bicyclic) bond motifs is 2. The lowest BCUT2D eigenvalue weighted by atomic mass is 9.70. The molecule has 0 spiro atoms. The van der Waals surface area contributed by atoms with E-state index in [0.717, 1.165) is 37.7 Å². The van der Waals surface area contributed by atoms with Crippen LogP contribution in [0.15, 0.2) is 66.7 Å². The average molecular weight is 509 g/mol. The maximum atomic E-state index is 14.0. The molecule has 0 saturated heterocycles. The van der Waals surface area contributed by atoms with E-state index < -0.39 is 23.3 Å². The first-order valence-electron chi connectivity index (χ1n) is 13.1. The van der Waals surface area contributed by atoms with Crippen LogP contribution in [0.2, 0.25) is 0 Å². The molecule has 3 aromatic carbocycles. The standard InChI is InChI=1S/C31H28N2O5/c32-19-31(14-4-1-5-15-31)21-9-11-22(12-10-21)33-28(20-8-13-25-26(18-20)38-17-16-37-25)27(30(35)36)23-6-2-3-7-24(23)29(33)34/h2-3,6-13,18,27-28H,1,4-5,14-17H2,(H,35,36)/t27-,28+/m1/s1. The largest absolute Gasteiger partial charge is 0.486 e. The van der Waals surface area contributed by atoms with Gasteiger partial charge in [0.15, 0.2) is 11.5 Å². The van der Waals surface area contributed by atoms with Crippen LogP contribution in [-0.4, -0.2) is 30.2 Å². The fourth-order valence-electron chi connectivity index (χ4n) is 6.23. The van der Waals surface area contributed by atoms with Crippen molar-refractivity contribution in [3.05, 3.63) is 89.0 Å². The van der Waals surface area contributed by atoms with Crippen molar-refractivity contribution >= 4 is 17.6 Å². The van der Waals surface area contributed by atoms with Crippen molar-refractivity contribution in [1.29, 1.82) is 5.26 Å². The molecule has 7 heteroatoms. The first kappa shape index (κ1) is 24.1. The molecule has 1 saturated carbocycles. The van der Waals surface area contributed by atoms with Crippen LogP contribution in [0.3, 0.4) is 0 Å². The van der Waals surface area contributed by atoms with Crippen LogP contribution < -0.4 is 14.4 Å². The third-order valence-corrected chi connectivity index (χ3v) is 8.13. The molecule has 6 rings (SSSR count). The highest BCUT2D eigenvalue weighted by Gasteiger charge is 2.45. The van der Waals surface area contributed by atoms with Crippen molar-refractivity contribution in [3.63, 3.8) is 0 Å². The molecule has 3 aliphatic rings. The zero-order chi connectivity index (χ0) is 26.3. The van der Waals surface area contributed by atoms with E-state index in [0.29, 0.717) is 47.1 Å². The summed E-state index contributed by atoms with van der Waals surface area (Å²) in [5, 5.41) is 20.5. The number of amides is 1. The Morgan fingerprint density at radius 3 is 2.37 bits per heavy atom. The molecule has 0 aromatic heterocycles. The van der Waals surface area contributed by atoms with Crippen molar-refractivity contribution < 1.29 is 24.2 Å². The number of carbonyl (C=O) groups excluding carboxylic acids is 1. The number of carbonyl (C=O) groups is 2. The van der Waals surface area contributed by atoms with Crippen LogP contribution in [0, 0.1) is 11.3 Å². The fourth-order valence-corrected chi connectivity index (χ4v) is 6.23. The van der Waals surface area contributed by atoms with Crippen LogP contribution in [0.4, 0.5) is 5.69 Å². The third-order valence-electron chi connectivity index (χ3n) is 8.13. The van der Waals surface area contributed by atoms with Gasteiger partial charge in [0.2, 0.25) is 0 Å². The van der Waals surface area contributed by atoms with E-state index in [4.69, 9.17) is 9.47 Å². The quantitative estimate of drug-likeness (QED) is 0.481. The molecular weight excluding hydrogens is 480 g/mol. The van der Waals surface area contributed by atoms with E-state index in [9.17, 15) is 20.0 Å². The van der Waals surface area contributed by atoms with Gasteiger partial charge in [-0.3, -0.25) is 14.5 Å². The minimum atomic E-state index is -1.02. The average Bonchev–Trinajstić information content (AvgIpc) is 2.97. The summed E-state index contributed by atoms with van der Waals surface area (Å²) < 4.78 is 11.5. The molecule has 192 valence electrons. The van der Waals surface area contributed by atoms with Crippen molar-refractivity contribution in [2.75, 3.05) is 18.1 Å². The summed E-state index contributed by atoms with van der Waals surface area (Å²) in [6.45, 7) is 0.846. The van der Waals surface area contributed by atoms with Crippen LogP contribution in [0.5, 0.6) is 11.5 Å². The smallest absolute Gasteiger partial charge is 0.313 e. The molecule has 38 heavy (non-hydrogen) atoms. The molecule has 2 aliphatic heterocycles. The number of aliphatic carboxylic acids is 1. The van der Waals surface area contributed by atoms with Gasteiger partial charge < -0.3 is 14.6 Å². The first-order chi connectivity index (χ1) is 18.5. The molecule has 1 fully saturated rings. The summed E-state index contributed by atoms with van der Waals surface area (Å²) in [4.78, 5) is 28.4. The van der Waals surface area contributed by atoms with Gasteiger partial charge in [0.25, 0.3) is 5.91 Å². The molecule has 3 aromatic rings. The van der Waals surface area contributed by atoms with Crippen LogP contribution in [0.25, 0.3) is 0 Å². The molecule has 2 atom stereocenters. The minimum absolute atomic E-state index is 0.265. The zero-order valence-electron chi connectivity index (χ0n) is 20.9. The Hall–Kier alpha value is -4.31. The van der Waals surface area contributed by atoms with Gasteiger partial charge in [0, 0.05) is 11.3 Å². The number of benzene rings is 3. The first-order valence-corrected chi connectivity index (χ1v) is 13.1. The van der Waals surface area contributed by atoms with E-state index in [2.05, 4.69) is 6.07 Å². The lowest BCUT2D eigenvalue weighted by molar-refractivity contribution is -0.139. The van der Waals surface area contributed by atoms with E-state index in [1.807, 2.05) is 30.3 Å². The zero-order valence-corrected chi connectivity index (χ0v) is 20.9. The fraction of sp³-hybridized carbons (Fsp3) is 0.323. The van der Waals surface area contributed by atoms with Crippen LogP contribution in [0.1, 0.15) is 71.1 Å². The Balaban J connectivity index is 1.48. The van der Waals surface area contributed by atoms with Gasteiger partial charge in [-0.05, 0) is 59.9 Å². The molecule has 1 aliphatic carbocycles. The summed E-state index contributed by atoms with van der Waals surface area (Å²) in [6, 6.07) is 21.6. The van der Waals surface area contributed by atoms with E-state index in [1.165, 1.54) is 0 Å². The molecule has 2 heterocycles. The Morgan fingerprint density at radius 2 is 1.66 bits per heavy atom. The van der Waals surface area contributed by atoms with Crippen LogP contribution >= 0.6 is 0 Å². The predicted molar refractivity (Wildman–Crippen MR) is 141 cm³/mol. The summed E-state index contributed by atoms with van der Waals surface area (Å²) in [5.74, 6) is -1.14. The van der Waals surface area contributed by atoms with Gasteiger partial charge in [-0.15, -0.1) is 0 Å². The second-order valence-corrected chi connectivity index (χ2v) is 10.2. The highest BCUT2D eigenvalue weighted by Crippen LogP contribution is 2.47. The predicted octanol–water partition coefficient (Wildman–Crippen LogP) is 5.75. The molecule has 1 amide bonds.